The fraction of sp³-hybridized carbons (Fsp3) is 0.182. The summed E-state index contributed by atoms with van der Waals surface area (Å²) in [5.74, 6) is -0.0818. The summed E-state index contributed by atoms with van der Waals surface area (Å²) < 4.78 is 5.92. The Morgan fingerprint density at radius 2 is 2.35 bits per heavy atom. The van der Waals surface area contributed by atoms with Crippen molar-refractivity contribution in [3.63, 3.8) is 0 Å². The highest BCUT2D eigenvalue weighted by Gasteiger charge is 2.06. The van der Waals surface area contributed by atoms with Crippen molar-refractivity contribution in [3.8, 4) is 11.8 Å². The molecule has 0 saturated heterocycles. The Hall–Kier alpha value is -1.87. The zero-order valence-electron chi connectivity index (χ0n) is 8.77. The summed E-state index contributed by atoms with van der Waals surface area (Å²) in [7, 11) is 0. The second kappa shape index (κ2) is 6.66. The second-order valence-electron chi connectivity index (χ2n) is 3.02. The highest BCUT2D eigenvalue weighted by molar-refractivity contribution is 9.10. The van der Waals surface area contributed by atoms with Crippen molar-refractivity contribution < 1.29 is 14.3 Å². The number of hydrogen-bond donors (Lipinski definition) is 1. The average Bonchev–Trinajstić information content (AvgIpc) is 2.34. The number of nitriles is 1. The summed E-state index contributed by atoms with van der Waals surface area (Å²) in [6.07, 6.45) is 0.646. The van der Waals surface area contributed by atoms with Gasteiger partial charge in [-0.3, -0.25) is 9.59 Å². The van der Waals surface area contributed by atoms with E-state index in [0.29, 0.717) is 17.6 Å². The van der Waals surface area contributed by atoms with Gasteiger partial charge < -0.3 is 10.1 Å². The normalized spacial score (nSPS) is 9.18. The fourth-order valence-electron chi connectivity index (χ4n) is 1.08. The zero-order valence-corrected chi connectivity index (χ0v) is 10.4. The summed E-state index contributed by atoms with van der Waals surface area (Å²) in [6.45, 7) is -0.298. The van der Waals surface area contributed by atoms with Gasteiger partial charge in [0.15, 0.2) is 12.9 Å². The first kappa shape index (κ1) is 13.2. The topological polar surface area (TPSA) is 79.2 Å². The van der Waals surface area contributed by atoms with E-state index in [9.17, 15) is 9.59 Å². The maximum atomic E-state index is 11.2. The van der Waals surface area contributed by atoms with Crippen molar-refractivity contribution in [1.82, 2.24) is 5.32 Å². The molecule has 0 fully saturated rings. The largest absolute Gasteiger partial charge is 0.483 e. The number of halogens is 1. The number of carbonyl (C=O) groups excluding carboxylic acids is 2. The molecule has 0 radical (unpaired) electrons. The minimum Gasteiger partial charge on any atom is -0.483 e. The molecule has 5 nitrogen and oxygen atoms in total. The highest BCUT2D eigenvalue weighted by atomic mass is 79.9. The van der Waals surface area contributed by atoms with Crippen molar-refractivity contribution in [2.75, 3.05) is 13.2 Å². The molecule has 0 spiro atoms. The Morgan fingerprint density at radius 3 is 3.00 bits per heavy atom. The lowest BCUT2D eigenvalue weighted by Gasteiger charge is -2.07. The van der Waals surface area contributed by atoms with Crippen molar-refractivity contribution in [1.29, 1.82) is 5.26 Å². The third-order valence-electron chi connectivity index (χ3n) is 1.82. The maximum Gasteiger partial charge on any atom is 0.258 e. The van der Waals surface area contributed by atoms with Crippen LogP contribution in [-0.2, 0) is 4.79 Å². The van der Waals surface area contributed by atoms with Gasteiger partial charge in [-0.05, 0) is 18.2 Å². The summed E-state index contributed by atoms with van der Waals surface area (Å²) in [4.78, 5) is 21.9. The number of aldehydes is 1. The molecular formula is C11H9BrN2O3. The van der Waals surface area contributed by atoms with Gasteiger partial charge >= 0.3 is 0 Å². The lowest BCUT2D eigenvalue weighted by Crippen LogP contribution is -2.29. The Kier molecular flexibility index (Phi) is 5.17. The first-order valence-electron chi connectivity index (χ1n) is 4.68. The molecule has 1 aromatic carbocycles. The number of ether oxygens (including phenoxy) is 1. The SMILES string of the molecule is N#CCNC(=O)COc1ccc(Br)cc1C=O. The van der Waals surface area contributed by atoms with Crippen LogP contribution in [0.25, 0.3) is 0 Å². The first-order valence-corrected chi connectivity index (χ1v) is 5.48. The predicted octanol–water partition coefficient (Wildman–Crippen LogP) is 1.28. The minimum absolute atomic E-state index is 0.0664. The van der Waals surface area contributed by atoms with E-state index in [1.54, 1.807) is 24.3 Å². The van der Waals surface area contributed by atoms with Crippen LogP contribution >= 0.6 is 15.9 Å². The lowest BCUT2D eigenvalue weighted by atomic mass is 10.2. The molecule has 0 heterocycles. The summed E-state index contributed by atoms with van der Waals surface area (Å²) >= 11 is 3.22. The molecule has 0 aromatic heterocycles. The van der Waals surface area contributed by atoms with E-state index >= 15 is 0 Å². The Balaban J connectivity index is 2.60. The second-order valence-corrected chi connectivity index (χ2v) is 3.94. The number of nitrogens with zero attached hydrogens (tertiary/aromatic N) is 1. The van der Waals surface area contributed by atoms with Gasteiger partial charge in [-0.15, -0.1) is 0 Å². The molecule has 1 amide bonds. The molecule has 0 aliphatic carbocycles. The number of carbonyl (C=O) groups is 2. The summed E-state index contributed by atoms with van der Waals surface area (Å²) in [6, 6.07) is 6.66. The van der Waals surface area contributed by atoms with Gasteiger partial charge in [-0.2, -0.15) is 5.26 Å². The fourth-order valence-corrected chi connectivity index (χ4v) is 1.45. The molecule has 0 aliphatic heterocycles. The van der Waals surface area contributed by atoms with Crippen molar-refractivity contribution in [2.24, 2.45) is 0 Å². The number of amides is 1. The van der Waals surface area contributed by atoms with Crippen LogP contribution < -0.4 is 10.1 Å². The van der Waals surface area contributed by atoms with Gasteiger partial charge in [-0.1, -0.05) is 15.9 Å². The van der Waals surface area contributed by atoms with Gasteiger partial charge in [0.05, 0.1) is 11.6 Å². The third-order valence-corrected chi connectivity index (χ3v) is 2.32. The van der Waals surface area contributed by atoms with E-state index in [0.717, 1.165) is 4.47 Å². The van der Waals surface area contributed by atoms with E-state index in [1.165, 1.54) is 0 Å². The van der Waals surface area contributed by atoms with E-state index in [4.69, 9.17) is 10.00 Å². The Bertz CT molecular complexity index is 468. The smallest absolute Gasteiger partial charge is 0.258 e. The van der Waals surface area contributed by atoms with Gasteiger partial charge in [0.2, 0.25) is 0 Å². The molecule has 6 heteroatoms. The molecule has 0 atom stereocenters. The zero-order chi connectivity index (χ0) is 12.7. The van der Waals surface area contributed by atoms with Gasteiger partial charge in [0, 0.05) is 4.47 Å². The van der Waals surface area contributed by atoms with Crippen LogP contribution in [0.5, 0.6) is 5.75 Å². The molecule has 1 N–H and O–H groups in total. The van der Waals surface area contributed by atoms with E-state index < -0.39 is 5.91 Å². The molecule has 1 aromatic rings. The molecule has 17 heavy (non-hydrogen) atoms. The molecular weight excluding hydrogens is 288 g/mol. The van der Waals surface area contributed by atoms with Crippen LogP contribution in [0.4, 0.5) is 0 Å². The standard InChI is InChI=1S/C11H9BrN2O3/c12-9-1-2-10(8(5-9)6-15)17-7-11(16)14-4-3-13/h1-2,5-6H,4,7H2,(H,14,16). The maximum absolute atomic E-state index is 11.2. The lowest BCUT2D eigenvalue weighted by molar-refractivity contribution is -0.122. The predicted molar refractivity (Wildman–Crippen MR) is 63.6 cm³/mol. The molecule has 88 valence electrons. The Labute approximate surface area is 107 Å². The number of hydrogen-bond acceptors (Lipinski definition) is 4. The third kappa shape index (κ3) is 4.25. The van der Waals surface area contributed by atoms with Crippen LogP contribution in [0.15, 0.2) is 22.7 Å². The van der Waals surface area contributed by atoms with Crippen LogP contribution in [0.2, 0.25) is 0 Å². The van der Waals surface area contributed by atoms with Crippen LogP contribution in [0, 0.1) is 11.3 Å². The van der Waals surface area contributed by atoms with E-state index in [2.05, 4.69) is 21.2 Å². The summed E-state index contributed by atoms with van der Waals surface area (Å²) in [5, 5.41) is 10.6. The molecule has 0 bridgehead atoms. The molecule has 0 aliphatic rings. The van der Waals surface area contributed by atoms with E-state index in [1.807, 2.05) is 0 Å². The van der Waals surface area contributed by atoms with Crippen molar-refractivity contribution >= 4 is 28.1 Å². The number of benzene rings is 1. The number of nitrogens with one attached hydrogen (secondary N) is 1. The average molecular weight is 297 g/mol. The van der Waals surface area contributed by atoms with Crippen molar-refractivity contribution in [3.05, 3.63) is 28.2 Å². The van der Waals surface area contributed by atoms with Gasteiger partial charge in [0.1, 0.15) is 12.3 Å². The molecule has 1 rings (SSSR count). The van der Waals surface area contributed by atoms with Crippen molar-refractivity contribution in [2.45, 2.75) is 0 Å². The summed E-state index contributed by atoms with van der Waals surface area (Å²) in [5.41, 5.74) is 0.354. The van der Waals surface area contributed by atoms with Crippen LogP contribution in [-0.4, -0.2) is 25.3 Å². The van der Waals surface area contributed by atoms with Gasteiger partial charge in [0.25, 0.3) is 5.91 Å². The monoisotopic (exact) mass is 296 g/mol. The Morgan fingerprint density at radius 1 is 1.59 bits per heavy atom. The minimum atomic E-state index is -0.411. The highest BCUT2D eigenvalue weighted by Crippen LogP contribution is 2.21. The van der Waals surface area contributed by atoms with E-state index in [-0.39, 0.29) is 13.2 Å². The van der Waals surface area contributed by atoms with Gasteiger partial charge in [-0.25, -0.2) is 0 Å². The van der Waals surface area contributed by atoms with Crippen LogP contribution in [0.1, 0.15) is 10.4 Å². The quantitative estimate of drug-likeness (QED) is 0.656. The van der Waals surface area contributed by atoms with Crippen LogP contribution in [0.3, 0.4) is 0 Å². The molecule has 0 saturated carbocycles. The number of rotatable bonds is 5. The first-order chi connectivity index (χ1) is 8.17. The molecule has 0 unspecified atom stereocenters.